The van der Waals surface area contributed by atoms with Crippen molar-refractivity contribution >= 4 is 27.3 Å². The van der Waals surface area contributed by atoms with Crippen molar-refractivity contribution in [1.82, 2.24) is 9.62 Å². The van der Waals surface area contributed by atoms with Crippen LogP contribution in [0.15, 0.2) is 41.8 Å². The molecule has 1 aromatic carbocycles. The number of carbonyl (C=O) groups excluding carboxylic acids is 1. The van der Waals surface area contributed by atoms with Gasteiger partial charge in [-0.1, -0.05) is 18.2 Å². The lowest BCUT2D eigenvalue weighted by molar-refractivity contribution is 0.0955. The van der Waals surface area contributed by atoms with E-state index in [9.17, 15) is 13.2 Å². The maximum absolute atomic E-state index is 12.0. The Kier molecular flexibility index (Phi) is 6.98. The van der Waals surface area contributed by atoms with Gasteiger partial charge in [0.25, 0.3) is 5.91 Å². The maximum atomic E-state index is 12.0. The van der Waals surface area contributed by atoms with E-state index in [-0.39, 0.29) is 19.0 Å². The fraction of sp³-hybridized carbons (Fsp3) is 0.353. The van der Waals surface area contributed by atoms with Crippen LogP contribution in [0.2, 0.25) is 0 Å². The minimum atomic E-state index is -3.34. The molecule has 6 nitrogen and oxygen atoms in total. The van der Waals surface area contributed by atoms with E-state index in [0.29, 0.717) is 17.8 Å². The van der Waals surface area contributed by atoms with Crippen molar-refractivity contribution in [1.29, 1.82) is 0 Å². The molecule has 0 aliphatic rings. The van der Waals surface area contributed by atoms with Gasteiger partial charge in [-0.2, -0.15) is 0 Å². The van der Waals surface area contributed by atoms with Crippen molar-refractivity contribution in [2.75, 3.05) is 33.0 Å². The molecule has 1 aromatic heterocycles. The number of benzene rings is 1. The number of carbonyl (C=O) groups is 1. The van der Waals surface area contributed by atoms with Gasteiger partial charge in [0.05, 0.1) is 18.2 Å². The van der Waals surface area contributed by atoms with Crippen LogP contribution >= 0.6 is 11.3 Å². The summed E-state index contributed by atoms with van der Waals surface area (Å²) in [5.74, 6) is 0.582. The van der Waals surface area contributed by atoms with Crippen molar-refractivity contribution in [3.8, 4) is 5.75 Å². The second-order valence-corrected chi connectivity index (χ2v) is 8.42. The van der Waals surface area contributed by atoms with Crippen LogP contribution in [-0.4, -0.2) is 51.6 Å². The Morgan fingerprint density at radius 1 is 1.20 bits per heavy atom. The van der Waals surface area contributed by atoms with E-state index >= 15 is 0 Å². The first-order valence-electron chi connectivity index (χ1n) is 7.80. The zero-order valence-corrected chi connectivity index (χ0v) is 15.9. The summed E-state index contributed by atoms with van der Waals surface area (Å²) < 4.78 is 30.4. The Morgan fingerprint density at radius 2 is 1.92 bits per heavy atom. The molecular weight excluding hydrogens is 360 g/mol. The van der Waals surface area contributed by atoms with Crippen LogP contribution in [0.5, 0.6) is 5.75 Å². The predicted molar refractivity (Wildman–Crippen MR) is 99.8 cm³/mol. The molecule has 0 saturated heterocycles. The second-order valence-electron chi connectivity index (χ2n) is 5.49. The number of rotatable bonds is 9. The van der Waals surface area contributed by atoms with Gasteiger partial charge in [0.1, 0.15) is 5.75 Å². The summed E-state index contributed by atoms with van der Waals surface area (Å²) in [5, 5.41) is 4.58. The summed E-state index contributed by atoms with van der Waals surface area (Å²) in [6, 6.07) is 11.1. The molecule has 136 valence electrons. The molecule has 25 heavy (non-hydrogen) atoms. The summed E-state index contributed by atoms with van der Waals surface area (Å²) in [6.07, 6.45) is 1.78. The van der Waals surface area contributed by atoms with Crippen LogP contribution in [0.1, 0.15) is 15.2 Å². The quantitative estimate of drug-likeness (QED) is 0.720. The summed E-state index contributed by atoms with van der Waals surface area (Å²) in [7, 11) is -1.74. The lowest BCUT2D eigenvalue weighted by Crippen LogP contribution is -2.39. The Labute approximate surface area is 152 Å². The fourth-order valence-corrected chi connectivity index (χ4v) is 3.76. The lowest BCUT2D eigenvalue weighted by Gasteiger charge is -2.20. The Balaban J connectivity index is 1.87. The van der Waals surface area contributed by atoms with Gasteiger partial charge in [-0.25, -0.2) is 12.7 Å². The molecule has 8 heteroatoms. The van der Waals surface area contributed by atoms with Crippen LogP contribution in [0.25, 0.3) is 0 Å². The molecule has 0 aliphatic heterocycles. The van der Waals surface area contributed by atoms with E-state index in [1.165, 1.54) is 21.9 Å². The molecule has 2 rings (SSSR count). The van der Waals surface area contributed by atoms with E-state index in [2.05, 4.69) is 5.32 Å². The van der Waals surface area contributed by atoms with Gasteiger partial charge in [-0.3, -0.25) is 4.79 Å². The van der Waals surface area contributed by atoms with E-state index < -0.39 is 10.0 Å². The highest BCUT2D eigenvalue weighted by molar-refractivity contribution is 7.88. The number of ether oxygens (including phenoxy) is 1. The number of hydrogen-bond donors (Lipinski definition) is 1. The fourth-order valence-electron chi connectivity index (χ4n) is 2.28. The molecule has 0 saturated carbocycles. The first-order chi connectivity index (χ1) is 11.9. The molecule has 0 radical (unpaired) electrons. The van der Waals surface area contributed by atoms with E-state index in [1.54, 1.807) is 19.2 Å². The monoisotopic (exact) mass is 382 g/mol. The molecular formula is C17H22N2O4S2. The molecule has 0 spiro atoms. The maximum Gasteiger partial charge on any atom is 0.261 e. The molecule has 1 N–H and O–H groups in total. The molecule has 1 heterocycles. The van der Waals surface area contributed by atoms with Gasteiger partial charge < -0.3 is 10.1 Å². The third-order valence-corrected chi connectivity index (χ3v) is 5.84. The number of methoxy groups -OCH3 is 1. The van der Waals surface area contributed by atoms with Gasteiger partial charge in [-0.05, 0) is 35.6 Å². The number of nitrogens with one attached hydrogen (secondary N) is 1. The SMILES string of the molecule is COc1ccc(CCN(CCNC(=O)c2cccs2)S(C)(=O)=O)cc1. The van der Waals surface area contributed by atoms with Gasteiger partial charge in [0.15, 0.2) is 0 Å². The van der Waals surface area contributed by atoms with Crippen molar-refractivity contribution in [3.63, 3.8) is 0 Å². The highest BCUT2D eigenvalue weighted by Crippen LogP contribution is 2.12. The summed E-state index contributed by atoms with van der Waals surface area (Å²) >= 11 is 1.35. The highest BCUT2D eigenvalue weighted by atomic mass is 32.2. The molecule has 0 unspecified atom stereocenters. The van der Waals surface area contributed by atoms with Crippen molar-refractivity contribution in [2.24, 2.45) is 0 Å². The zero-order chi connectivity index (χ0) is 18.3. The van der Waals surface area contributed by atoms with Crippen LogP contribution in [0.3, 0.4) is 0 Å². The largest absolute Gasteiger partial charge is 0.497 e. The minimum absolute atomic E-state index is 0.182. The standard InChI is InChI=1S/C17H22N2O4S2/c1-23-15-7-5-14(6-8-15)9-11-19(25(2,21)22)12-10-18-17(20)16-4-3-13-24-16/h3-8,13H,9-12H2,1-2H3,(H,18,20). The highest BCUT2D eigenvalue weighted by Gasteiger charge is 2.17. The van der Waals surface area contributed by atoms with Crippen molar-refractivity contribution in [3.05, 3.63) is 52.2 Å². The summed E-state index contributed by atoms with van der Waals surface area (Å²) in [5.41, 5.74) is 1.03. The average molecular weight is 383 g/mol. The predicted octanol–water partition coefficient (Wildman–Crippen LogP) is 1.99. The number of hydrogen-bond acceptors (Lipinski definition) is 5. The lowest BCUT2D eigenvalue weighted by atomic mass is 10.1. The molecule has 0 atom stereocenters. The number of amides is 1. The van der Waals surface area contributed by atoms with Crippen molar-refractivity contribution in [2.45, 2.75) is 6.42 Å². The topological polar surface area (TPSA) is 75.7 Å². The van der Waals surface area contributed by atoms with Crippen molar-refractivity contribution < 1.29 is 17.9 Å². The molecule has 2 aromatic rings. The van der Waals surface area contributed by atoms with Gasteiger partial charge in [-0.15, -0.1) is 11.3 Å². The molecule has 0 bridgehead atoms. The van der Waals surface area contributed by atoms with E-state index in [0.717, 1.165) is 11.3 Å². The first kappa shape index (κ1) is 19.4. The first-order valence-corrected chi connectivity index (χ1v) is 10.5. The third kappa shape index (κ3) is 6.15. The van der Waals surface area contributed by atoms with Crippen LogP contribution in [0.4, 0.5) is 0 Å². The minimum Gasteiger partial charge on any atom is -0.497 e. The molecule has 0 aliphatic carbocycles. The molecule has 0 fully saturated rings. The normalized spacial score (nSPS) is 11.5. The number of nitrogens with zero attached hydrogens (tertiary/aromatic N) is 1. The second kappa shape index (κ2) is 8.98. The summed E-state index contributed by atoms with van der Waals surface area (Å²) in [6.45, 7) is 0.874. The van der Waals surface area contributed by atoms with Crippen LogP contribution in [-0.2, 0) is 16.4 Å². The average Bonchev–Trinajstić information content (AvgIpc) is 3.11. The Bertz CT molecular complexity index is 771. The van der Waals surface area contributed by atoms with E-state index in [1.807, 2.05) is 29.6 Å². The Hall–Kier alpha value is -1.90. The molecule has 1 amide bonds. The van der Waals surface area contributed by atoms with Crippen LogP contribution in [0, 0.1) is 0 Å². The van der Waals surface area contributed by atoms with Gasteiger partial charge in [0, 0.05) is 19.6 Å². The van der Waals surface area contributed by atoms with Gasteiger partial charge >= 0.3 is 0 Å². The van der Waals surface area contributed by atoms with Gasteiger partial charge in [0.2, 0.25) is 10.0 Å². The smallest absolute Gasteiger partial charge is 0.261 e. The van der Waals surface area contributed by atoms with E-state index in [4.69, 9.17) is 4.74 Å². The number of sulfonamides is 1. The number of thiophene rings is 1. The third-order valence-electron chi connectivity index (χ3n) is 3.67. The summed E-state index contributed by atoms with van der Waals surface area (Å²) in [4.78, 5) is 12.5. The van der Waals surface area contributed by atoms with Crippen LogP contribution < -0.4 is 10.1 Å². The Morgan fingerprint density at radius 3 is 2.48 bits per heavy atom. The zero-order valence-electron chi connectivity index (χ0n) is 14.3.